The van der Waals surface area contributed by atoms with Crippen LogP contribution in [0.3, 0.4) is 0 Å². The molecule has 1 aromatic heterocycles. The highest BCUT2D eigenvalue weighted by molar-refractivity contribution is 5.62. The van der Waals surface area contributed by atoms with E-state index in [-0.39, 0.29) is 0 Å². The minimum Gasteiger partial charge on any atom is -0.258 e. The van der Waals surface area contributed by atoms with Gasteiger partial charge in [-0.05, 0) is 33.6 Å². The standard InChI is InChI=1S/C9H13N3.C4H10.C3H8.C2H6/c1-5-10-9-6(2)11-8(4)12-7(9)3;1-4(2)3;1-3-2;1-2/h5H,1-4H3;4H,1-3H3;3H2,1-2H3;1-2H3. The van der Waals surface area contributed by atoms with Crippen LogP contribution in [0.5, 0.6) is 0 Å². The molecule has 0 N–H and O–H groups in total. The van der Waals surface area contributed by atoms with Crippen molar-refractivity contribution in [3.63, 3.8) is 0 Å². The van der Waals surface area contributed by atoms with Crippen molar-refractivity contribution >= 4 is 11.9 Å². The molecule has 0 saturated heterocycles. The summed E-state index contributed by atoms with van der Waals surface area (Å²) in [5.74, 6) is 1.64. The summed E-state index contributed by atoms with van der Waals surface area (Å²) in [6.07, 6.45) is 3.01. The van der Waals surface area contributed by atoms with Gasteiger partial charge in [-0.15, -0.1) is 0 Å². The molecular formula is C18H37N3. The molecule has 0 aliphatic carbocycles. The van der Waals surface area contributed by atoms with Crippen LogP contribution >= 0.6 is 0 Å². The lowest BCUT2D eigenvalue weighted by atomic mass is 10.3. The van der Waals surface area contributed by atoms with E-state index in [1.54, 1.807) is 6.21 Å². The van der Waals surface area contributed by atoms with E-state index in [0.29, 0.717) is 0 Å². The summed E-state index contributed by atoms with van der Waals surface area (Å²) in [6, 6.07) is 0. The van der Waals surface area contributed by atoms with Crippen LogP contribution in [0.25, 0.3) is 0 Å². The van der Waals surface area contributed by atoms with E-state index in [1.807, 2.05) is 41.5 Å². The van der Waals surface area contributed by atoms with E-state index >= 15 is 0 Å². The summed E-state index contributed by atoms with van der Waals surface area (Å²) >= 11 is 0. The first-order valence-electron chi connectivity index (χ1n) is 8.10. The van der Waals surface area contributed by atoms with Gasteiger partial charge in [0.1, 0.15) is 11.5 Å². The number of hydrogen-bond acceptors (Lipinski definition) is 3. The number of nitrogens with zero attached hydrogens (tertiary/aromatic N) is 3. The summed E-state index contributed by atoms with van der Waals surface area (Å²) in [5.41, 5.74) is 2.78. The maximum Gasteiger partial charge on any atom is 0.125 e. The average Bonchev–Trinajstić information content (AvgIpc) is 2.36. The molecule has 3 heteroatoms. The van der Waals surface area contributed by atoms with Gasteiger partial charge < -0.3 is 0 Å². The first kappa shape index (κ1) is 24.7. The lowest BCUT2D eigenvalue weighted by Crippen LogP contribution is -1.94. The van der Waals surface area contributed by atoms with E-state index in [1.165, 1.54) is 6.42 Å². The third-order valence-corrected chi connectivity index (χ3v) is 1.60. The smallest absolute Gasteiger partial charge is 0.125 e. The number of aryl methyl sites for hydroxylation is 3. The molecule has 0 fully saturated rings. The van der Waals surface area contributed by atoms with Crippen LogP contribution in [0.2, 0.25) is 0 Å². The summed E-state index contributed by atoms with van der Waals surface area (Å²) in [5, 5.41) is 0. The van der Waals surface area contributed by atoms with E-state index in [4.69, 9.17) is 0 Å². The summed E-state index contributed by atoms with van der Waals surface area (Å²) in [4.78, 5) is 12.7. The van der Waals surface area contributed by atoms with Gasteiger partial charge in [-0.1, -0.05) is 54.9 Å². The largest absolute Gasteiger partial charge is 0.258 e. The maximum absolute atomic E-state index is 4.23. The SMILES string of the molecule is CC.CC(C)C.CC=Nc1c(C)nc(C)nc1C.CCC. The third-order valence-electron chi connectivity index (χ3n) is 1.60. The monoisotopic (exact) mass is 295 g/mol. The molecule has 0 bridgehead atoms. The zero-order valence-electron chi connectivity index (χ0n) is 16.2. The van der Waals surface area contributed by atoms with Gasteiger partial charge in [-0.3, -0.25) is 4.99 Å². The Morgan fingerprint density at radius 2 is 1.24 bits per heavy atom. The van der Waals surface area contributed by atoms with Gasteiger partial charge in [0.05, 0.1) is 11.4 Å². The minimum atomic E-state index is 0.806. The van der Waals surface area contributed by atoms with Crippen LogP contribution in [0, 0.1) is 26.7 Å². The van der Waals surface area contributed by atoms with Gasteiger partial charge in [0.25, 0.3) is 0 Å². The van der Waals surface area contributed by atoms with Gasteiger partial charge in [-0.25, -0.2) is 9.97 Å². The van der Waals surface area contributed by atoms with Crippen molar-refractivity contribution in [1.82, 2.24) is 9.97 Å². The van der Waals surface area contributed by atoms with Crippen molar-refractivity contribution in [2.24, 2.45) is 10.9 Å². The highest BCUT2D eigenvalue weighted by atomic mass is 14.9. The fourth-order valence-electron chi connectivity index (χ4n) is 1.19. The third kappa shape index (κ3) is 16.7. The van der Waals surface area contributed by atoms with E-state index < -0.39 is 0 Å². The topological polar surface area (TPSA) is 38.1 Å². The zero-order chi connectivity index (χ0) is 17.4. The van der Waals surface area contributed by atoms with Gasteiger partial charge in [0.15, 0.2) is 0 Å². The zero-order valence-corrected chi connectivity index (χ0v) is 16.2. The van der Waals surface area contributed by atoms with Gasteiger partial charge >= 0.3 is 0 Å². The maximum atomic E-state index is 4.23. The van der Waals surface area contributed by atoms with Gasteiger partial charge in [0.2, 0.25) is 0 Å². The second-order valence-electron chi connectivity index (χ2n) is 5.12. The number of hydrogen-bond donors (Lipinski definition) is 0. The Hall–Kier alpha value is -1.25. The predicted octanol–water partition coefficient (Wildman–Crippen LogP) is 6.23. The lowest BCUT2D eigenvalue weighted by Gasteiger charge is -2.03. The Labute approximate surface area is 133 Å². The second-order valence-corrected chi connectivity index (χ2v) is 5.12. The molecule has 0 aromatic carbocycles. The Kier molecular flexibility index (Phi) is 19.8. The van der Waals surface area contributed by atoms with Crippen molar-refractivity contribution < 1.29 is 0 Å². The van der Waals surface area contributed by atoms with E-state index in [2.05, 4.69) is 49.6 Å². The summed E-state index contributed by atoms with van der Waals surface area (Å²) < 4.78 is 0. The molecule has 21 heavy (non-hydrogen) atoms. The second kappa shape index (κ2) is 16.8. The molecule has 0 amide bonds. The minimum absolute atomic E-state index is 0.806. The number of rotatable bonds is 1. The quantitative estimate of drug-likeness (QED) is 0.576. The average molecular weight is 296 g/mol. The number of aliphatic imine (C=N–C) groups is 1. The van der Waals surface area contributed by atoms with Crippen molar-refractivity contribution in [1.29, 1.82) is 0 Å². The van der Waals surface area contributed by atoms with Crippen LogP contribution in [-0.4, -0.2) is 16.2 Å². The Morgan fingerprint density at radius 3 is 1.48 bits per heavy atom. The summed E-state index contributed by atoms with van der Waals surface area (Å²) in [6.45, 7) is 22.4. The molecule has 0 atom stereocenters. The normalized spacial score (nSPS) is 9.14. The first-order valence-corrected chi connectivity index (χ1v) is 8.10. The molecule has 0 unspecified atom stereocenters. The Morgan fingerprint density at radius 1 is 0.952 bits per heavy atom. The molecule has 0 saturated carbocycles. The molecule has 0 aliphatic heterocycles. The molecule has 0 aliphatic rings. The van der Waals surface area contributed by atoms with E-state index in [0.717, 1.165) is 28.8 Å². The molecule has 124 valence electrons. The predicted molar refractivity (Wildman–Crippen MR) is 97.9 cm³/mol. The Bertz CT molecular complexity index is 343. The van der Waals surface area contributed by atoms with Crippen molar-refractivity contribution in [2.75, 3.05) is 0 Å². The molecule has 0 radical (unpaired) electrons. The Balaban J connectivity index is -0.000000301. The van der Waals surface area contributed by atoms with Crippen LogP contribution < -0.4 is 0 Å². The van der Waals surface area contributed by atoms with E-state index in [9.17, 15) is 0 Å². The van der Waals surface area contributed by atoms with Crippen LogP contribution in [0.4, 0.5) is 5.69 Å². The fraction of sp³-hybridized carbons (Fsp3) is 0.722. The van der Waals surface area contributed by atoms with Crippen molar-refractivity contribution in [2.45, 2.75) is 82.6 Å². The molecular weight excluding hydrogens is 258 g/mol. The molecule has 1 aromatic rings. The highest BCUT2D eigenvalue weighted by Crippen LogP contribution is 2.19. The van der Waals surface area contributed by atoms with Crippen LogP contribution in [0.15, 0.2) is 4.99 Å². The molecule has 1 heterocycles. The first-order chi connectivity index (χ1) is 9.79. The van der Waals surface area contributed by atoms with Crippen molar-refractivity contribution in [3.05, 3.63) is 17.2 Å². The number of aromatic nitrogens is 2. The highest BCUT2D eigenvalue weighted by Gasteiger charge is 2.03. The lowest BCUT2D eigenvalue weighted by molar-refractivity contribution is 0.737. The fourth-order valence-corrected chi connectivity index (χ4v) is 1.19. The molecule has 0 spiro atoms. The van der Waals surface area contributed by atoms with Gasteiger partial charge in [0, 0.05) is 6.21 Å². The molecule has 1 rings (SSSR count). The van der Waals surface area contributed by atoms with Gasteiger partial charge in [-0.2, -0.15) is 0 Å². The van der Waals surface area contributed by atoms with Crippen LogP contribution in [0.1, 0.15) is 79.0 Å². The summed E-state index contributed by atoms with van der Waals surface area (Å²) in [7, 11) is 0. The molecule has 3 nitrogen and oxygen atoms in total. The van der Waals surface area contributed by atoms with Crippen LogP contribution in [-0.2, 0) is 0 Å². The van der Waals surface area contributed by atoms with Crippen molar-refractivity contribution in [3.8, 4) is 0 Å².